The maximum absolute atomic E-state index is 6.23. The summed E-state index contributed by atoms with van der Waals surface area (Å²) in [5.41, 5.74) is 1.23. The van der Waals surface area contributed by atoms with Crippen molar-refractivity contribution >= 4 is 17.4 Å². The molecule has 5 nitrogen and oxygen atoms in total. The molecule has 1 aliphatic rings. The first-order chi connectivity index (χ1) is 10.6. The zero-order valence-electron chi connectivity index (χ0n) is 13.0. The highest BCUT2D eigenvalue weighted by Crippen LogP contribution is 2.25. The molecule has 6 heteroatoms. The third-order valence-corrected chi connectivity index (χ3v) is 4.40. The molecule has 2 aromatic rings. The highest BCUT2D eigenvalue weighted by atomic mass is 35.5. The number of nitrogens with zero attached hydrogens (tertiary/aromatic N) is 4. The predicted octanol–water partition coefficient (Wildman–Crippen LogP) is 2.88. The summed E-state index contributed by atoms with van der Waals surface area (Å²) in [5.74, 6) is 0.890. The van der Waals surface area contributed by atoms with Crippen molar-refractivity contribution in [1.29, 1.82) is 0 Å². The van der Waals surface area contributed by atoms with Gasteiger partial charge in [-0.25, -0.2) is 9.97 Å². The van der Waals surface area contributed by atoms with Crippen LogP contribution in [0.5, 0.6) is 0 Å². The number of halogens is 1. The first-order valence-electron chi connectivity index (χ1n) is 7.74. The predicted molar refractivity (Wildman–Crippen MR) is 89.3 cm³/mol. The van der Waals surface area contributed by atoms with Gasteiger partial charge in [-0.2, -0.15) is 0 Å². The minimum atomic E-state index is 0.437. The SMILES string of the molecule is CC(C)n1cncc1CNC1CCN(c2ncccc2Cl)C1. The number of aromatic nitrogens is 3. The van der Waals surface area contributed by atoms with Crippen molar-refractivity contribution < 1.29 is 0 Å². The minimum absolute atomic E-state index is 0.437. The van der Waals surface area contributed by atoms with Gasteiger partial charge in [0, 0.05) is 44.1 Å². The Labute approximate surface area is 136 Å². The van der Waals surface area contributed by atoms with Gasteiger partial charge >= 0.3 is 0 Å². The van der Waals surface area contributed by atoms with Gasteiger partial charge in [0.2, 0.25) is 0 Å². The first kappa shape index (κ1) is 15.3. The van der Waals surface area contributed by atoms with Crippen molar-refractivity contribution in [2.75, 3.05) is 18.0 Å². The molecule has 3 heterocycles. The molecule has 0 aliphatic carbocycles. The van der Waals surface area contributed by atoms with Crippen molar-refractivity contribution in [3.8, 4) is 0 Å². The normalized spacial score (nSPS) is 18.4. The fourth-order valence-electron chi connectivity index (χ4n) is 2.91. The van der Waals surface area contributed by atoms with E-state index in [1.807, 2.05) is 24.7 Å². The molecule has 0 amide bonds. The Balaban J connectivity index is 1.57. The molecule has 1 atom stereocenters. The van der Waals surface area contributed by atoms with Crippen LogP contribution in [0, 0.1) is 0 Å². The van der Waals surface area contributed by atoms with Crippen LogP contribution in [0.15, 0.2) is 30.9 Å². The molecule has 0 radical (unpaired) electrons. The molecule has 3 rings (SSSR count). The van der Waals surface area contributed by atoms with E-state index in [1.165, 1.54) is 5.69 Å². The molecule has 1 fully saturated rings. The lowest BCUT2D eigenvalue weighted by Gasteiger charge is -2.19. The van der Waals surface area contributed by atoms with Crippen LogP contribution < -0.4 is 10.2 Å². The summed E-state index contributed by atoms with van der Waals surface area (Å²) in [7, 11) is 0. The van der Waals surface area contributed by atoms with E-state index in [9.17, 15) is 0 Å². The van der Waals surface area contributed by atoms with Gasteiger partial charge in [0.15, 0.2) is 0 Å². The number of anilines is 1. The van der Waals surface area contributed by atoms with Crippen LogP contribution >= 0.6 is 11.6 Å². The van der Waals surface area contributed by atoms with Gasteiger partial charge in [0.25, 0.3) is 0 Å². The molecule has 0 spiro atoms. The summed E-state index contributed by atoms with van der Waals surface area (Å²) < 4.78 is 2.20. The smallest absolute Gasteiger partial charge is 0.147 e. The lowest BCUT2D eigenvalue weighted by molar-refractivity contribution is 0.508. The van der Waals surface area contributed by atoms with Gasteiger partial charge in [0.05, 0.1) is 17.0 Å². The van der Waals surface area contributed by atoms with E-state index in [0.29, 0.717) is 12.1 Å². The van der Waals surface area contributed by atoms with Crippen LogP contribution in [-0.2, 0) is 6.54 Å². The average Bonchev–Trinajstić information content (AvgIpc) is 3.14. The Morgan fingerprint density at radius 3 is 3.09 bits per heavy atom. The highest BCUT2D eigenvalue weighted by Gasteiger charge is 2.24. The van der Waals surface area contributed by atoms with Crippen molar-refractivity contribution in [2.45, 2.75) is 38.9 Å². The van der Waals surface area contributed by atoms with Crippen LogP contribution in [-0.4, -0.2) is 33.7 Å². The number of imidazole rings is 1. The minimum Gasteiger partial charge on any atom is -0.354 e. The molecular formula is C16H22ClN5. The molecule has 1 N–H and O–H groups in total. The summed E-state index contributed by atoms with van der Waals surface area (Å²) in [5, 5.41) is 4.35. The molecule has 118 valence electrons. The molecule has 22 heavy (non-hydrogen) atoms. The summed E-state index contributed by atoms with van der Waals surface area (Å²) in [4.78, 5) is 10.9. The van der Waals surface area contributed by atoms with Crippen LogP contribution in [0.1, 0.15) is 32.0 Å². The van der Waals surface area contributed by atoms with Crippen molar-refractivity contribution in [2.24, 2.45) is 0 Å². The number of hydrogen-bond acceptors (Lipinski definition) is 4. The van der Waals surface area contributed by atoms with Crippen LogP contribution in [0.25, 0.3) is 0 Å². The summed E-state index contributed by atoms with van der Waals surface area (Å²) in [6, 6.07) is 4.65. The molecule has 0 aromatic carbocycles. The lowest BCUT2D eigenvalue weighted by Crippen LogP contribution is -2.33. The Kier molecular flexibility index (Phi) is 4.64. The lowest BCUT2D eigenvalue weighted by atomic mass is 10.2. The summed E-state index contributed by atoms with van der Waals surface area (Å²) in [6.45, 7) is 7.11. The van der Waals surface area contributed by atoms with E-state index in [0.717, 1.165) is 36.9 Å². The largest absolute Gasteiger partial charge is 0.354 e. The van der Waals surface area contributed by atoms with E-state index in [2.05, 4.69) is 38.6 Å². The van der Waals surface area contributed by atoms with E-state index in [4.69, 9.17) is 11.6 Å². The third-order valence-electron chi connectivity index (χ3n) is 4.10. The Morgan fingerprint density at radius 1 is 1.45 bits per heavy atom. The fraction of sp³-hybridized carbons (Fsp3) is 0.500. The zero-order valence-corrected chi connectivity index (χ0v) is 13.8. The highest BCUT2D eigenvalue weighted by molar-refractivity contribution is 6.32. The second-order valence-electron chi connectivity index (χ2n) is 6.01. The van der Waals surface area contributed by atoms with Gasteiger partial charge < -0.3 is 14.8 Å². The van der Waals surface area contributed by atoms with E-state index in [-0.39, 0.29) is 0 Å². The van der Waals surface area contributed by atoms with Gasteiger partial charge in [-0.3, -0.25) is 0 Å². The molecule has 1 saturated heterocycles. The Bertz CT molecular complexity index is 625. The zero-order chi connectivity index (χ0) is 15.5. The Morgan fingerprint density at radius 2 is 2.32 bits per heavy atom. The maximum Gasteiger partial charge on any atom is 0.147 e. The molecule has 2 aromatic heterocycles. The number of nitrogens with one attached hydrogen (secondary N) is 1. The molecular weight excluding hydrogens is 298 g/mol. The fourth-order valence-corrected chi connectivity index (χ4v) is 3.15. The van der Waals surface area contributed by atoms with Crippen LogP contribution in [0.3, 0.4) is 0 Å². The standard InChI is InChI=1S/C16H22ClN5/c1-12(2)22-11-18-8-14(22)9-20-13-5-7-21(10-13)16-15(17)4-3-6-19-16/h3-4,6,8,11-13,20H,5,7,9-10H2,1-2H3. The second kappa shape index (κ2) is 6.67. The van der Waals surface area contributed by atoms with Gasteiger partial charge in [-0.15, -0.1) is 0 Å². The Hall–Kier alpha value is -1.59. The third kappa shape index (κ3) is 3.25. The monoisotopic (exact) mass is 319 g/mol. The summed E-state index contributed by atoms with van der Waals surface area (Å²) >= 11 is 6.23. The van der Waals surface area contributed by atoms with Crippen LogP contribution in [0.4, 0.5) is 5.82 Å². The number of rotatable bonds is 5. The van der Waals surface area contributed by atoms with Crippen molar-refractivity contribution in [3.05, 3.63) is 41.6 Å². The van der Waals surface area contributed by atoms with E-state index >= 15 is 0 Å². The van der Waals surface area contributed by atoms with E-state index < -0.39 is 0 Å². The van der Waals surface area contributed by atoms with Crippen molar-refractivity contribution in [1.82, 2.24) is 19.9 Å². The maximum atomic E-state index is 6.23. The van der Waals surface area contributed by atoms with Gasteiger partial charge in [-0.1, -0.05) is 11.6 Å². The molecule has 0 saturated carbocycles. The molecule has 1 aliphatic heterocycles. The van der Waals surface area contributed by atoms with Gasteiger partial charge in [0.1, 0.15) is 5.82 Å². The number of hydrogen-bond donors (Lipinski definition) is 1. The summed E-state index contributed by atoms with van der Waals surface area (Å²) in [6.07, 6.45) is 6.73. The van der Waals surface area contributed by atoms with Crippen LogP contribution in [0.2, 0.25) is 5.02 Å². The van der Waals surface area contributed by atoms with Gasteiger partial charge in [-0.05, 0) is 32.4 Å². The van der Waals surface area contributed by atoms with Crippen molar-refractivity contribution in [3.63, 3.8) is 0 Å². The first-order valence-corrected chi connectivity index (χ1v) is 8.12. The second-order valence-corrected chi connectivity index (χ2v) is 6.41. The molecule has 0 bridgehead atoms. The van der Waals surface area contributed by atoms with E-state index in [1.54, 1.807) is 6.20 Å². The quantitative estimate of drug-likeness (QED) is 0.920. The average molecular weight is 320 g/mol. The topological polar surface area (TPSA) is 46.0 Å². The number of pyridine rings is 1. The molecule has 1 unspecified atom stereocenters.